The fraction of sp³-hybridized carbons (Fsp3) is 0.385. The minimum Gasteiger partial charge on any atom is -0.479 e. The SMILES string of the molecule is CSc1cccc(NC2(C(=O)O)CCOC2)c1C#N. The highest BCUT2D eigenvalue weighted by atomic mass is 32.2. The van der Waals surface area contributed by atoms with Crippen molar-refractivity contribution >= 4 is 23.4 Å². The highest BCUT2D eigenvalue weighted by molar-refractivity contribution is 7.98. The summed E-state index contributed by atoms with van der Waals surface area (Å²) in [4.78, 5) is 12.3. The number of carboxylic acid groups (broad SMARTS) is 1. The first-order valence-corrected chi connectivity index (χ1v) is 7.02. The molecule has 1 heterocycles. The number of nitrogens with zero attached hydrogens (tertiary/aromatic N) is 1. The number of hydrogen-bond acceptors (Lipinski definition) is 5. The molecule has 2 N–H and O–H groups in total. The number of carboxylic acids is 1. The molecule has 1 atom stereocenters. The first kappa shape index (κ1) is 13.7. The van der Waals surface area contributed by atoms with Gasteiger partial charge < -0.3 is 15.2 Å². The standard InChI is InChI=1S/C13H14N2O3S/c1-19-11-4-2-3-10(9(11)7-14)15-13(12(16)17)5-6-18-8-13/h2-4,15H,5-6,8H2,1H3,(H,16,17). The summed E-state index contributed by atoms with van der Waals surface area (Å²) in [5, 5.41) is 21.6. The maximum absolute atomic E-state index is 11.5. The molecule has 0 aliphatic carbocycles. The van der Waals surface area contributed by atoms with Crippen molar-refractivity contribution in [2.45, 2.75) is 16.9 Å². The molecule has 0 spiro atoms. The Hall–Kier alpha value is -1.71. The minimum absolute atomic E-state index is 0.108. The lowest BCUT2D eigenvalue weighted by Crippen LogP contribution is -2.47. The third-order valence-electron chi connectivity index (χ3n) is 3.16. The van der Waals surface area contributed by atoms with Gasteiger partial charge in [-0.3, -0.25) is 0 Å². The number of carbonyl (C=O) groups is 1. The topological polar surface area (TPSA) is 82.3 Å². The van der Waals surface area contributed by atoms with Crippen LogP contribution in [0, 0.1) is 11.3 Å². The fourth-order valence-electron chi connectivity index (χ4n) is 2.06. The van der Waals surface area contributed by atoms with Crippen LogP contribution in [0.4, 0.5) is 5.69 Å². The van der Waals surface area contributed by atoms with E-state index in [0.29, 0.717) is 24.3 Å². The fourth-order valence-corrected chi connectivity index (χ4v) is 2.64. The Morgan fingerprint density at radius 1 is 1.63 bits per heavy atom. The lowest BCUT2D eigenvalue weighted by Gasteiger charge is -2.26. The van der Waals surface area contributed by atoms with Crippen LogP contribution in [0.5, 0.6) is 0 Å². The summed E-state index contributed by atoms with van der Waals surface area (Å²) in [5.74, 6) is -0.955. The molecule has 1 saturated heterocycles. The van der Waals surface area contributed by atoms with Gasteiger partial charge in [0.15, 0.2) is 5.54 Å². The number of nitrogens with one attached hydrogen (secondary N) is 1. The maximum atomic E-state index is 11.5. The third kappa shape index (κ3) is 2.53. The first-order chi connectivity index (χ1) is 9.13. The molecule has 1 aromatic carbocycles. The Morgan fingerprint density at radius 2 is 2.42 bits per heavy atom. The normalized spacial score (nSPS) is 21.9. The second-order valence-electron chi connectivity index (χ2n) is 4.31. The van der Waals surface area contributed by atoms with Crippen LogP contribution >= 0.6 is 11.8 Å². The molecule has 19 heavy (non-hydrogen) atoms. The molecule has 5 nitrogen and oxygen atoms in total. The van der Waals surface area contributed by atoms with Crippen LogP contribution in [-0.4, -0.2) is 36.1 Å². The zero-order valence-corrected chi connectivity index (χ0v) is 11.3. The number of thioether (sulfide) groups is 1. The molecule has 6 heteroatoms. The maximum Gasteiger partial charge on any atom is 0.331 e. The summed E-state index contributed by atoms with van der Waals surface area (Å²) >= 11 is 1.46. The van der Waals surface area contributed by atoms with Crippen LogP contribution in [-0.2, 0) is 9.53 Å². The van der Waals surface area contributed by atoms with Crippen molar-refractivity contribution in [3.8, 4) is 6.07 Å². The summed E-state index contributed by atoms with van der Waals surface area (Å²) in [5.41, 5.74) is -0.118. The lowest BCUT2D eigenvalue weighted by atomic mass is 9.98. The van der Waals surface area contributed by atoms with Crippen LogP contribution in [0.1, 0.15) is 12.0 Å². The van der Waals surface area contributed by atoms with Crippen LogP contribution in [0.15, 0.2) is 23.1 Å². The summed E-state index contributed by atoms with van der Waals surface area (Å²) in [6, 6.07) is 7.50. The Morgan fingerprint density at radius 3 is 2.95 bits per heavy atom. The first-order valence-electron chi connectivity index (χ1n) is 5.79. The van der Waals surface area contributed by atoms with E-state index in [1.54, 1.807) is 12.1 Å². The van der Waals surface area contributed by atoms with E-state index < -0.39 is 11.5 Å². The molecular weight excluding hydrogens is 264 g/mol. The molecule has 100 valence electrons. The summed E-state index contributed by atoms with van der Waals surface area (Å²) in [6.45, 7) is 0.514. The molecule has 1 fully saturated rings. The molecule has 1 aliphatic heterocycles. The van der Waals surface area contributed by atoms with Gasteiger partial charge in [-0.1, -0.05) is 6.07 Å². The van der Waals surface area contributed by atoms with Crippen molar-refractivity contribution in [1.29, 1.82) is 5.26 Å². The molecule has 0 saturated carbocycles. The van der Waals surface area contributed by atoms with Crippen LogP contribution in [0.25, 0.3) is 0 Å². The predicted molar refractivity (Wildman–Crippen MR) is 72.4 cm³/mol. The predicted octanol–water partition coefficient (Wildman–Crippen LogP) is 1.94. The molecule has 0 radical (unpaired) electrons. The average molecular weight is 278 g/mol. The number of anilines is 1. The molecule has 1 unspecified atom stereocenters. The summed E-state index contributed by atoms with van der Waals surface area (Å²) in [7, 11) is 0. The number of nitriles is 1. The number of benzene rings is 1. The zero-order valence-electron chi connectivity index (χ0n) is 10.5. The van der Waals surface area contributed by atoms with Gasteiger partial charge in [-0.2, -0.15) is 5.26 Å². The second kappa shape index (κ2) is 5.51. The highest BCUT2D eigenvalue weighted by Gasteiger charge is 2.43. The Labute approximate surface area is 115 Å². The summed E-state index contributed by atoms with van der Waals surface area (Å²) < 4.78 is 5.19. The molecule has 1 aliphatic rings. The molecule has 0 bridgehead atoms. The zero-order chi connectivity index (χ0) is 13.9. The van der Waals surface area contributed by atoms with Crippen molar-refractivity contribution in [3.05, 3.63) is 23.8 Å². The van der Waals surface area contributed by atoms with E-state index >= 15 is 0 Å². The van der Waals surface area contributed by atoms with Crippen LogP contribution in [0.2, 0.25) is 0 Å². The molecule has 0 aromatic heterocycles. The molecule has 2 rings (SSSR count). The molecule has 1 aromatic rings. The largest absolute Gasteiger partial charge is 0.479 e. The van der Waals surface area contributed by atoms with Gasteiger partial charge in [-0.15, -0.1) is 11.8 Å². The van der Waals surface area contributed by atoms with Crippen molar-refractivity contribution < 1.29 is 14.6 Å². The van der Waals surface area contributed by atoms with Gasteiger partial charge in [0, 0.05) is 17.9 Å². The van der Waals surface area contributed by atoms with E-state index in [4.69, 9.17) is 4.74 Å². The van der Waals surface area contributed by atoms with E-state index in [9.17, 15) is 15.2 Å². The van der Waals surface area contributed by atoms with Gasteiger partial charge in [0.1, 0.15) is 6.07 Å². The van der Waals surface area contributed by atoms with Gasteiger partial charge in [0.05, 0.1) is 17.9 Å². The van der Waals surface area contributed by atoms with E-state index in [0.717, 1.165) is 4.90 Å². The third-order valence-corrected chi connectivity index (χ3v) is 3.94. The van der Waals surface area contributed by atoms with Gasteiger partial charge in [0.25, 0.3) is 0 Å². The lowest BCUT2D eigenvalue weighted by molar-refractivity contribution is -0.142. The Bertz CT molecular complexity index is 533. The average Bonchev–Trinajstić information content (AvgIpc) is 2.88. The molecular formula is C13H14N2O3S. The van der Waals surface area contributed by atoms with E-state index in [2.05, 4.69) is 11.4 Å². The quantitative estimate of drug-likeness (QED) is 0.819. The number of hydrogen-bond donors (Lipinski definition) is 2. The van der Waals surface area contributed by atoms with Gasteiger partial charge in [-0.25, -0.2) is 4.79 Å². The molecule has 0 amide bonds. The van der Waals surface area contributed by atoms with Crippen molar-refractivity contribution in [1.82, 2.24) is 0 Å². The van der Waals surface area contributed by atoms with Crippen molar-refractivity contribution in [3.63, 3.8) is 0 Å². The Balaban J connectivity index is 2.38. The smallest absolute Gasteiger partial charge is 0.331 e. The Kier molecular flexibility index (Phi) is 3.98. The van der Waals surface area contributed by atoms with Crippen LogP contribution < -0.4 is 5.32 Å². The van der Waals surface area contributed by atoms with Crippen molar-refractivity contribution in [2.75, 3.05) is 24.8 Å². The van der Waals surface area contributed by atoms with E-state index in [1.165, 1.54) is 11.8 Å². The number of rotatable bonds is 4. The van der Waals surface area contributed by atoms with Crippen LogP contribution in [0.3, 0.4) is 0 Å². The van der Waals surface area contributed by atoms with E-state index in [1.807, 2.05) is 12.3 Å². The number of ether oxygens (including phenoxy) is 1. The second-order valence-corrected chi connectivity index (χ2v) is 5.16. The monoisotopic (exact) mass is 278 g/mol. The number of aliphatic carboxylic acids is 1. The summed E-state index contributed by atoms with van der Waals surface area (Å²) in [6.07, 6.45) is 2.27. The van der Waals surface area contributed by atoms with Gasteiger partial charge >= 0.3 is 5.97 Å². The van der Waals surface area contributed by atoms with E-state index in [-0.39, 0.29) is 6.61 Å². The minimum atomic E-state index is -1.14. The van der Waals surface area contributed by atoms with Gasteiger partial charge in [0.2, 0.25) is 0 Å². The highest BCUT2D eigenvalue weighted by Crippen LogP contribution is 2.31. The van der Waals surface area contributed by atoms with Crippen molar-refractivity contribution in [2.24, 2.45) is 0 Å². The van der Waals surface area contributed by atoms with Gasteiger partial charge in [-0.05, 0) is 18.4 Å².